The lowest BCUT2D eigenvalue weighted by molar-refractivity contribution is -0.384. The van der Waals surface area contributed by atoms with Crippen molar-refractivity contribution < 1.29 is 4.92 Å². The molecule has 11 heavy (non-hydrogen) atoms. The van der Waals surface area contributed by atoms with Crippen molar-refractivity contribution in [3.63, 3.8) is 0 Å². The highest BCUT2D eigenvalue weighted by atomic mass is 35.5. The summed E-state index contributed by atoms with van der Waals surface area (Å²) in [7, 11) is 0. The zero-order valence-corrected chi connectivity index (χ0v) is 6.76. The Balaban J connectivity index is 3.27. The summed E-state index contributed by atoms with van der Waals surface area (Å²) in [6, 6.07) is 4.28. The van der Waals surface area contributed by atoms with E-state index in [-0.39, 0.29) is 15.7 Å². The van der Waals surface area contributed by atoms with Gasteiger partial charge in [0.05, 0.1) is 9.95 Å². The van der Waals surface area contributed by atoms with Gasteiger partial charge in [-0.05, 0) is 6.07 Å². The molecule has 3 nitrogen and oxygen atoms in total. The topological polar surface area (TPSA) is 43.1 Å². The first kappa shape index (κ1) is 8.30. The predicted octanol–water partition coefficient (Wildman–Crippen LogP) is 2.90. The summed E-state index contributed by atoms with van der Waals surface area (Å²) in [5.74, 6) is 0. The molecule has 0 N–H and O–H groups in total. The van der Waals surface area contributed by atoms with Crippen molar-refractivity contribution in [1.29, 1.82) is 0 Å². The molecular formula is C6H3Cl2NO2. The van der Waals surface area contributed by atoms with Crippen molar-refractivity contribution in [2.75, 3.05) is 0 Å². The maximum absolute atomic E-state index is 10.2. The molecule has 0 aromatic heterocycles. The number of hydrogen-bond acceptors (Lipinski definition) is 2. The lowest BCUT2D eigenvalue weighted by atomic mass is 12.2. The Morgan fingerprint density at radius 3 is 2.45 bits per heavy atom. The van der Waals surface area contributed by atoms with Crippen molar-refractivity contribution in [3.8, 4) is 0 Å². The Hall–Kier alpha value is -0.800. The third-order valence-corrected chi connectivity index (χ3v) is 1.94. The molecule has 0 radical (unpaired) electrons. The van der Waals surface area contributed by atoms with E-state index in [4.69, 9.17) is 23.2 Å². The van der Waals surface area contributed by atoms with E-state index >= 15 is 0 Å². The van der Waals surface area contributed by atoms with Crippen LogP contribution in [0.3, 0.4) is 0 Å². The molecule has 0 spiro atoms. The SMILES string of the molecule is O=[N+]([O-])[14c]1[14cH][14cH][14cH][14c](Cl)[14c]1Cl. The number of hydrogen-bond donors (Lipinski definition) is 0. The van der Waals surface area contributed by atoms with Crippen molar-refractivity contribution in [1.82, 2.24) is 0 Å². The van der Waals surface area contributed by atoms with Crippen LogP contribution >= 0.6 is 23.2 Å². The van der Waals surface area contributed by atoms with Gasteiger partial charge in [0.15, 0.2) is 0 Å². The number of rotatable bonds is 1. The summed E-state index contributed by atoms with van der Waals surface area (Å²) in [5.41, 5.74) is -0.167. The van der Waals surface area contributed by atoms with Crippen LogP contribution in [0.1, 0.15) is 0 Å². The van der Waals surface area contributed by atoms with Crippen LogP contribution in [-0.2, 0) is 0 Å². The highest BCUT2D eigenvalue weighted by molar-refractivity contribution is 6.43. The minimum absolute atomic E-state index is 0.0147. The molecule has 1 aromatic carbocycles. The van der Waals surface area contributed by atoms with E-state index in [9.17, 15) is 10.1 Å². The molecule has 0 bridgehead atoms. The van der Waals surface area contributed by atoms with Gasteiger partial charge in [-0.2, -0.15) is 0 Å². The third kappa shape index (κ3) is 1.61. The molecule has 0 saturated heterocycles. The van der Waals surface area contributed by atoms with E-state index in [0.29, 0.717) is 0 Å². The van der Waals surface area contributed by atoms with E-state index in [0.717, 1.165) is 0 Å². The number of nitro groups is 1. The lowest BCUT2D eigenvalue weighted by Crippen LogP contribution is -1.88. The first-order valence-corrected chi connectivity index (χ1v) is 3.47. The van der Waals surface area contributed by atoms with Gasteiger partial charge in [0, 0.05) is 6.07 Å². The van der Waals surface area contributed by atoms with Crippen molar-refractivity contribution in [2.45, 2.75) is 0 Å². The summed E-state index contributed by atoms with van der Waals surface area (Å²) in [5, 5.41) is 10.4. The Morgan fingerprint density at radius 2 is 2.00 bits per heavy atom. The van der Waals surface area contributed by atoms with Gasteiger partial charge in [0.2, 0.25) is 0 Å². The molecule has 0 fully saturated rings. The highest BCUT2D eigenvalue weighted by Gasteiger charge is 2.13. The van der Waals surface area contributed by atoms with E-state index < -0.39 is 4.92 Å². The van der Waals surface area contributed by atoms with Crippen LogP contribution in [0.25, 0.3) is 0 Å². The van der Waals surface area contributed by atoms with Gasteiger partial charge < -0.3 is 0 Å². The van der Waals surface area contributed by atoms with E-state index in [2.05, 4.69) is 0 Å². The molecule has 0 saturated carbocycles. The van der Waals surface area contributed by atoms with E-state index in [1.54, 1.807) is 0 Å². The molecule has 0 aliphatic heterocycles. The molecule has 0 heterocycles. The zero-order valence-electron chi connectivity index (χ0n) is 5.25. The monoisotopic (exact) mass is 203 g/mol. The second-order valence-corrected chi connectivity index (χ2v) is 2.62. The Bertz CT molecular complexity index is 301. The van der Waals surface area contributed by atoms with Crippen LogP contribution in [0.2, 0.25) is 10.0 Å². The van der Waals surface area contributed by atoms with Crippen LogP contribution in [0.4, 0.5) is 5.69 Å². The maximum atomic E-state index is 10.2. The summed E-state index contributed by atoms with van der Waals surface area (Å²) < 4.78 is 0. The van der Waals surface area contributed by atoms with Crippen LogP contribution < -0.4 is 0 Å². The van der Waals surface area contributed by atoms with Gasteiger partial charge >= 0.3 is 0 Å². The molecule has 0 unspecified atom stereocenters. The van der Waals surface area contributed by atoms with Gasteiger partial charge in [-0.15, -0.1) is 0 Å². The fourth-order valence-corrected chi connectivity index (χ4v) is 0.998. The Labute approximate surface area is 72.7 Å². The summed E-state index contributed by atoms with van der Waals surface area (Å²) in [6.07, 6.45) is 0. The average molecular weight is 204 g/mol. The normalized spacial score (nSPS) is 9.64. The van der Waals surface area contributed by atoms with Crippen LogP contribution in [0, 0.1) is 10.1 Å². The fraction of sp³-hybridized carbons (Fsp3) is 0. The molecule has 5 heteroatoms. The largest absolute Gasteiger partial charge is 0.289 e. The maximum Gasteiger partial charge on any atom is 0.289 e. The van der Waals surface area contributed by atoms with Crippen molar-refractivity contribution >= 4 is 28.9 Å². The first-order chi connectivity index (χ1) is 5.13. The van der Waals surface area contributed by atoms with E-state index in [1.165, 1.54) is 18.2 Å². The van der Waals surface area contributed by atoms with Crippen LogP contribution in [-0.4, -0.2) is 4.92 Å². The predicted molar refractivity (Wildman–Crippen MR) is 43.1 cm³/mol. The zero-order chi connectivity index (χ0) is 8.43. The number of nitro benzene ring substituents is 1. The lowest BCUT2D eigenvalue weighted by Gasteiger charge is -1.94. The van der Waals surface area contributed by atoms with Crippen molar-refractivity contribution in [2.24, 2.45) is 0 Å². The molecule has 0 aliphatic rings. The molecule has 0 atom stereocenters. The van der Waals surface area contributed by atoms with Crippen LogP contribution in [0.15, 0.2) is 18.2 Å². The average Bonchev–Trinajstić information content (AvgIpc) is 1.94. The Morgan fingerprint density at radius 1 is 1.36 bits per heavy atom. The Kier molecular flexibility index (Phi) is 2.31. The number of halogens is 2. The summed E-state index contributed by atoms with van der Waals surface area (Å²) in [6.45, 7) is 0. The number of benzene rings is 1. The molecule has 1 aromatic rings. The fourth-order valence-electron chi connectivity index (χ4n) is 0.633. The molecule has 1 rings (SSSR count). The molecule has 58 valence electrons. The summed E-state index contributed by atoms with van der Waals surface area (Å²) in [4.78, 5) is 9.66. The first-order valence-electron chi connectivity index (χ1n) is 2.71. The van der Waals surface area contributed by atoms with E-state index in [1.807, 2.05) is 0 Å². The van der Waals surface area contributed by atoms with Crippen LogP contribution in [0.5, 0.6) is 0 Å². The molecule has 0 amide bonds. The van der Waals surface area contributed by atoms with Gasteiger partial charge in [0.25, 0.3) is 5.69 Å². The smallest absolute Gasteiger partial charge is 0.258 e. The summed E-state index contributed by atoms with van der Waals surface area (Å²) >= 11 is 11.0. The van der Waals surface area contributed by atoms with Gasteiger partial charge in [-0.3, -0.25) is 10.1 Å². The third-order valence-electron chi connectivity index (χ3n) is 1.13. The molecular weight excluding hydrogens is 201 g/mol. The minimum Gasteiger partial charge on any atom is -0.258 e. The van der Waals surface area contributed by atoms with Crippen molar-refractivity contribution in [3.05, 3.63) is 38.4 Å². The number of nitrogens with zero attached hydrogens (tertiary/aromatic N) is 1. The van der Waals surface area contributed by atoms with Gasteiger partial charge in [-0.1, -0.05) is 29.3 Å². The van der Waals surface area contributed by atoms with Gasteiger partial charge in [0.1, 0.15) is 5.02 Å². The quantitative estimate of drug-likeness (QED) is 0.521. The second-order valence-electron chi connectivity index (χ2n) is 1.83. The van der Waals surface area contributed by atoms with Gasteiger partial charge in [-0.25, -0.2) is 0 Å². The highest BCUT2D eigenvalue weighted by Crippen LogP contribution is 2.30. The second kappa shape index (κ2) is 3.07. The minimum atomic E-state index is -0.575. The standard InChI is InChI=1S/C6H3Cl2NO2/c7-4-2-1-3-5(6(4)8)9(10)11/h1-3H/i1+2,2+2,3+2,4+2,5+2,6+2. The molecule has 0 aliphatic carbocycles.